The fourth-order valence-electron chi connectivity index (χ4n) is 2.88. The second-order valence-electron chi connectivity index (χ2n) is 4.98. The highest BCUT2D eigenvalue weighted by atomic mass is 32.1. The van der Waals surface area contributed by atoms with Crippen molar-refractivity contribution in [3.63, 3.8) is 0 Å². The molecule has 0 bridgehead atoms. The van der Waals surface area contributed by atoms with Gasteiger partial charge in [0, 0.05) is 23.4 Å². The second-order valence-corrected chi connectivity index (χ2v) is 5.96. The maximum Gasteiger partial charge on any atom is 0.326 e. The van der Waals surface area contributed by atoms with E-state index >= 15 is 0 Å². The van der Waals surface area contributed by atoms with Crippen molar-refractivity contribution in [1.29, 1.82) is 0 Å². The first kappa shape index (κ1) is 13.5. The van der Waals surface area contributed by atoms with Gasteiger partial charge in [-0.3, -0.25) is 9.69 Å². The Morgan fingerprint density at radius 3 is 2.94 bits per heavy atom. The van der Waals surface area contributed by atoms with E-state index in [1.54, 1.807) is 11.3 Å². The predicted molar refractivity (Wildman–Crippen MR) is 70.4 cm³/mol. The summed E-state index contributed by atoms with van der Waals surface area (Å²) in [5.41, 5.74) is -0.656. The maximum atomic E-state index is 12.0. The number of hydrogen-bond acceptors (Lipinski definition) is 5. The normalized spacial score (nSPS) is 32.7. The zero-order valence-corrected chi connectivity index (χ0v) is 11.7. The molecule has 2 rings (SSSR count). The Morgan fingerprint density at radius 2 is 2.44 bits per heavy atom. The van der Waals surface area contributed by atoms with Crippen molar-refractivity contribution in [3.8, 4) is 0 Å². The van der Waals surface area contributed by atoms with Crippen molar-refractivity contribution in [2.24, 2.45) is 5.92 Å². The number of esters is 1. The number of aliphatic hydroxyl groups excluding tert-OH is 1. The summed E-state index contributed by atoms with van der Waals surface area (Å²) in [4.78, 5) is 15.2. The number of ether oxygens (including phenoxy) is 1. The Kier molecular flexibility index (Phi) is 3.75. The van der Waals surface area contributed by atoms with Crippen molar-refractivity contribution in [2.45, 2.75) is 24.9 Å². The average molecular weight is 269 g/mol. The number of carbonyl (C=O) groups is 1. The molecule has 0 aliphatic carbocycles. The minimum absolute atomic E-state index is 0.0674. The van der Waals surface area contributed by atoms with Gasteiger partial charge in [0.1, 0.15) is 5.54 Å². The fourth-order valence-corrected chi connectivity index (χ4v) is 3.85. The lowest BCUT2D eigenvalue weighted by molar-refractivity contribution is -0.152. The summed E-state index contributed by atoms with van der Waals surface area (Å²) < 4.78 is 4.91. The first-order valence-electron chi connectivity index (χ1n) is 6.00. The summed E-state index contributed by atoms with van der Waals surface area (Å²) in [6.45, 7) is 1.97. The van der Waals surface area contributed by atoms with Gasteiger partial charge in [0.2, 0.25) is 0 Å². The van der Waals surface area contributed by atoms with E-state index in [4.69, 9.17) is 4.74 Å². The molecule has 2 heterocycles. The third kappa shape index (κ3) is 1.96. The number of hydrogen-bond donors (Lipinski definition) is 1. The van der Waals surface area contributed by atoms with Crippen LogP contribution in [0.2, 0.25) is 0 Å². The number of carbonyl (C=O) groups excluding carboxylic acids is 1. The summed E-state index contributed by atoms with van der Waals surface area (Å²) in [5, 5.41) is 11.6. The number of thiophene rings is 1. The summed E-state index contributed by atoms with van der Waals surface area (Å²) in [7, 11) is 3.34. The molecule has 1 aliphatic heterocycles. The SMILES string of the molecule is COC(=O)[C@]1(C)C[C@@H](CO)[C@H](c2cccs2)N1C. The van der Waals surface area contributed by atoms with Crippen LogP contribution in [0.25, 0.3) is 0 Å². The Labute approximate surface area is 111 Å². The van der Waals surface area contributed by atoms with Crippen LogP contribution >= 0.6 is 11.3 Å². The molecule has 3 atom stereocenters. The third-order valence-corrected chi connectivity index (χ3v) is 4.94. The molecule has 1 aromatic heterocycles. The van der Waals surface area contributed by atoms with Crippen LogP contribution in [0.15, 0.2) is 17.5 Å². The van der Waals surface area contributed by atoms with Gasteiger partial charge in [-0.25, -0.2) is 0 Å². The van der Waals surface area contributed by atoms with Gasteiger partial charge in [0.05, 0.1) is 7.11 Å². The highest BCUT2D eigenvalue weighted by Crippen LogP contribution is 2.46. The van der Waals surface area contributed by atoms with Gasteiger partial charge < -0.3 is 9.84 Å². The molecule has 0 saturated carbocycles. The number of rotatable bonds is 3. The standard InChI is InChI=1S/C13H19NO3S/c1-13(12(16)17-3)7-9(8-15)11(14(13)2)10-5-4-6-18-10/h4-6,9,11,15H,7-8H2,1-3H3/t9-,11+,13-/m0/s1. The highest BCUT2D eigenvalue weighted by molar-refractivity contribution is 7.10. The molecule has 0 aromatic carbocycles. The van der Waals surface area contributed by atoms with E-state index in [1.165, 1.54) is 12.0 Å². The van der Waals surface area contributed by atoms with E-state index in [0.717, 1.165) is 0 Å². The van der Waals surface area contributed by atoms with Crippen LogP contribution in [-0.2, 0) is 9.53 Å². The summed E-state index contributed by atoms with van der Waals surface area (Å²) in [6.07, 6.45) is 0.620. The smallest absolute Gasteiger partial charge is 0.326 e. The van der Waals surface area contributed by atoms with E-state index in [2.05, 4.69) is 6.07 Å². The van der Waals surface area contributed by atoms with Crippen molar-refractivity contribution in [3.05, 3.63) is 22.4 Å². The quantitative estimate of drug-likeness (QED) is 0.848. The molecule has 5 heteroatoms. The van der Waals surface area contributed by atoms with E-state index in [-0.39, 0.29) is 24.5 Å². The molecule has 1 aliphatic rings. The first-order chi connectivity index (χ1) is 8.54. The van der Waals surface area contributed by atoms with Crippen LogP contribution in [0.1, 0.15) is 24.3 Å². The van der Waals surface area contributed by atoms with E-state index in [0.29, 0.717) is 6.42 Å². The lowest BCUT2D eigenvalue weighted by Gasteiger charge is -2.32. The Balaban J connectivity index is 2.34. The molecule has 18 heavy (non-hydrogen) atoms. The molecule has 0 radical (unpaired) electrons. The molecule has 4 nitrogen and oxygen atoms in total. The number of likely N-dealkylation sites (tertiary alicyclic amines) is 1. The van der Waals surface area contributed by atoms with Crippen molar-refractivity contribution in [2.75, 3.05) is 20.8 Å². The molecule has 1 aromatic rings. The molecule has 0 spiro atoms. The van der Waals surface area contributed by atoms with Crippen LogP contribution in [0, 0.1) is 5.92 Å². The van der Waals surface area contributed by atoms with Crippen LogP contribution in [0.5, 0.6) is 0 Å². The number of nitrogens with zero attached hydrogens (tertiary/aromatic N) is 1. The zero-order valence-electron chi connectivity index (χ0n) is 10.9. The van der Waals surface area contributed by atoms with Gasteiger partial charge in [-0.15, -0.1) is 11.3 Å². The van der Waals surface area contributed by atoms with E-state index in [1.807, 2.05) is 30.3 Å². The number of aliphatic hydroxyl groups is 1. The van der Waals surface area contributed by atoms with Crippen LogP contribution in [0.3, 0.4) is 0 Å². The molecule has 1 fully saturated rings. The van der Waals surface area contributed by atoms with Gasteiger partial charge in [-0.2, -0.15) is 0 Å². The topological polar surface area (TPSA) is 49.8 Å². The van der Waals surface area contributed by atoms with Gasteiger partial charge in [0.25, 0.3) is 0 Å². The Hall–Kier alpha value is -0.910. The molecule has 100 valence electrons. The lowest BCUT2D eigenvalue weighted by Crippen LogP contribution is -2.47. The average Bonchev–Trinajstić information content (AvgIpc) is 2.96. The highest BCUT2D eigenvalue weighted by Gasteiger charge is 2.52. The summed E-state index contributed by atoms with van der Waals surface area (Å²) in [6, 6.07) is 4.13. The fraction of sp³-hybridized carbons (Fsp3) is 0.615. The zero-order chi connectivity index (χ0) is 13.3. The van der Waals surface area contributed by atoms with Crippen molar-refractivity contribution < 1.29 is 14.6 Å². The minimum Gasteiger partial charge on any atom is -0.468 e. The van der Waals surface area contributed by atoms with Gasteiger partial charge >= 0.3 is 5.97 Å². The monoisotopic (exact) mass is 269 g/mol. The molecular formula is C13H19NO3S. The predicted octanol–water partition coefficient (Wildman–Crippen LogP) is 1.66. The minimum atomic E-state index is -0.656. The molecular weight excluding hydrogens is 250 g/mol. The molecule has 1 N–H and O–H groups in total. The molecule has 1 saturated heterocycles. The molecule has 0 unspecified atom stereocenters. The lowest BCUT2D eigenvalue weighted by atomic mass is 9.93. The molecule has 0 amide bonds. The maximum absolute atomic E-state index is 12.0. The van der Waals surface area contributed by atoms with E-state index in [9.17, 15) is 9.90 Å². The van der Waals surface area contributed by atoms with Gasteiger partial charge in [0.15, 0.2) is 0 Å². The first-order valence-corrected chi connectivity index (χ1v) is 6.88. The summed E-state index contributed by atoms with van der Waals surface area (Å²) >= 11 is 1.66. The number of methoxy groups -OCH3 is 1. The third-order valence-electron chi connectivity index (χ3n) is 4.00. The van der Waals surface area contributed by atoms with E-state index < -0.39 is 5.54 Å². The van der Waals surface area contributed by atoms with Crippen molar-refractivity contribution >= 4 is 17.3 Å². The Bertz CT molecular complexity index is 420. The van der Waals surface area contributed by atoms with Crippen LogP contribution < -0.4 is 0 Å². The van der Waals surface area contributed by atoms with Crippen LogP contribution in [-0.4, -0.2) is 42.3 Å². The largest absolute Gasteiger partial charge is 0.468 e. The van der Waals surface area contributed by atoms with Crippen molar-refractivity contribution in [1.82, 2.24) is 4.90 Å². The van der Waals surface area contributed by atoms with Gasteiger partial charge in [-0.1, -0.05) is 6.07 Å². The Morgan fingerprint density at radius 1 is 1.72 bits per heavy atom. The van der Waals surface area contributed by atoms with Crippen LogP contribution in [0.4, 0.5) is 0 Å². The second kappa shape index (κ2) is 4.99. The number of likely N-dealkylation sites (N-methyl/N-ethyl adjacent to an activating group) is 1. The summed E-state index contributed by atoms with van der Waals surface area (Å²) in [5.74, 6) is -0.166. The van der Waals surface area contributed by atoms with Gasteiger partial charge in [-0.05, 0) is 31.8 Å².